The molecule has 0 radical (unpaired) electrons. The smallest absolute Gasteiger partial charge is 0.258 e. The summed E-state index contributed by atoms with van der Waals surface area (Å²) in [5.74, 6) is 1.45. The van der Waals surface area contributed by atoms with Crippen molar-refractivity contribution in [2.45, 2.75) is 51.7 Å². The van der Waals surface area contributed by atoms with E-state index >= 15 is 0 Å². The van der Waals surface area contributed by atoms with Crippen LogP contribution in [0.15, 0.2) is 48.5 Å². The van der Waals surface area contributed by atoms with E-state index in [1.54, 1.807) is 0 Å². The fraction of sp³-hybridized carbons (Fsp3) is 0.409. The largest absolute Gasteiger partial charge is 0.487 e. The molecule has 0 saturated heterocycles. The average Bonchev–Trinajstić information content (AvgIpc) is 2.67. The Hall–Kier alpha value is -2.49. The van der Waals surface area contributed by atoms with Crippen molar-refractivity contribution in [1.29, 1.82) is 0 Å². The lowest BCUT2D eigenvalue weighted by Crippen LogP contribution is -2.45. The minimum atomic E-state index is -0.232. The molecule has 0 aliphatic carbocycles. The number of rotatable bonds is 6. The van der Waals surface area contributed by atoms with Crippen LogP contribution in [0.25, 0.3) is 0 Å². The van der Waals surface area contributed by atoms with Gasteiger partial charge in [0.05, 0.1) is 6.04 Å². The van der Waals surface area contributed by atoms with Crippen molar-refractivity contribution >= 4 is 5.91 Å². The third-order valence-corrected chi connectivity index (χ3v) is 5.21. The van der Waals surface area contributed by atoms with Crippen LogP contribution in [-0.4, -0.2) is 18.1 Å². The van der Waals surface area contributed by atoms with Crippen LogP contribution in [0.3, 0.4) is 0 Å². The minimum absolute atomic E-state index is 0.00777. The molecule has 0 spiro atoms. The maximum atomic E-state index is 12.5. The number of para-hydroxylation sites is 1. The van der Waals surface area contributed by atoms with Gasteiger partial charge in [-0.3, -0.25) is 4.79 Å². The maximum absolute atomic E-state index is 12.5. The van der Waals surface area contributed by atoms with Crippen LogP contribution in [0, 0.1) is 6.92 Å². The van der Waals surface area contributed by atoms with Gasteiger partial charge in [0.1, 0.15) is 17.1 Å². The minimum Gasteiger partial charge on any atom is -0.487 e. The lowest BCUT2D eigenvalue weighted by molar-refractivity contribution is -0.124. The molecule has 0 aromatic heterocycles. The number of fused-ring (bicyclic) bond motifs is 1. The second kappa shape index (κ2) is 7.81. The number of aryl methyl sites for hydroxylation is 1. The van der Waals surface area contributed by atoms with E-state index in [0.29, 0.717) is 5.75 Å². The number of ether oxygens (including phenoxy) is 2. The first kappa shape index (κ1) is 18.3. The summed E-state index contributed by atoms with van der Waals surface area (Å²) in [6, 6.07) is 15.6. The fourth-order valence-corrected chi connectivity index (χ4v) is 3.45. The van der Waals surface area contributed by atoms with Gasteiger partial charge in [-0.1, -0.05) is 49.7 Å². The van der Waals surface area contributed by atoms with E-state index in [2.05, 4.69) is 19.2 Å². The standard InChI is InChI=1S/C22H27NO3/c1-4-22(5-2)14-19(18-8-6-7-9-20(18)26-22)23-21(24)15-25-17-12-10-16(3)11-13-17/h6-13,19H,4-5,14-15H2,1-3H3,(H,23,24)/t19-/m0/s1. The summed E-state index contributed by atoms with van der Waals surface area (Å²) in [6.45, 7) is 6.30. The Morgan fingerprint density at radius 3 is 2.54 bits per heavy atom. The fourth-order valence-electron chi connectivity index (χ4n) is 3.45. The van der Waals surface area contributed by atoms with E-state index in [1.165, 1.54) is 0 Å². The molecule has 1 heterocycles. The highest BCUT2D eigenvalue weighted by atomic mass is 16.5. The molecule has 0 fully saturated rings. The molecular formula is C22H27NO3. The SMILES string of the molecule is CCC1(CC)C[C@H](NC(=O)COc2ccc(C)cc2)c2ccccc2O1. The lowest BCUT2D eigenvalue weighted by atomic mass is 9.83. The third kappa shape index (κ3) is 4.01. The molecule has 1 atom stereocenters. The summed E-state index contributed by atoms with van der Waals surface area (Å²) in [5, 5.41) is 3.14. The van der Waals surface area contributed by atoms with Crippen LogP contribution in [0.4, 0.5) is 0 Å². The van der Waals surface area contributed by atoms with Crippen molar-refractivity contribution in [1.82, 2.24) is 5.32 Å². The molecule has 1 aliphatic rings. The van der Waals surface area contributed by atoms with E-state index in [0.717, 1.165) is 36.1 Å². The van der Waals surface area contributed by atoms with Gasteiger partial charge in [-0.05, 0) is 38.0 Å². The summed E-state index contributed by atoms with van der Waals surface area (Å²) in [7, 11) is 0. The average molecular weight is 353 g/mol. The first-order valence-electron chi connectivity index (χ1n) is 9.32. The van der Waals surface area contributed by atoms with Crippen molar-refractivity contribution in [3.8, 4) is 11.5 Å². The molecule has 4 heteroatoms. The molecule has 4 nitrogen and oxygen atoms in total. The van der Waals surface area contributed by atoms with E-state index < -0.39 is 0 Å². The Bertz CT molecular complexity index is 750. The topological polar surface area (TPSA) is 47.6 Å². The molecule has 0 bridgehead atoms. The van der Waals surface area contributed by atoms with Crippen molar-refractivity contribution < 1.29 is 14.3 Å². The van der Waals surface area contributed by atoms with Crippen LogP contribution in [0.1, 0.15) is 50.3 Å². The van der Waals surface area contributed by atoms with Crippen LogP contribution in [0.5, 0.6) is 11.5 Å². The Balaban J connectivity index is 1.69. The number of carbonyl (C=O) groups excluding carboxylic acids is 1. The molecule has 3 rings (SSSR count). The van der Waals surface area contributed by atoms with Gasteiger partial charge in [-0.2, -0.15) is 0 Å². The molecule has 26 heavy (non-hydrogen) atoms. The number of amides is 1. The summed E-state index contributed by atoms with van der Waals surface area (Å²) in [4.78, 5) is 12.5. The highest BCUT2D eigenvalue weighted by molar-refractivity contribution is 5.78. The van der Waals surface area contributed by atoms with Gasteiger partial charge < -0.3 is 14.8 Å². The van der Waals surface area contributed by atoms with E-state index in [-0.39, 0.29) is 24.2 Å². The third-order valence-electron chi connectivity index (χ3n) is 5.21. The molecule has 0 saturated carbocycles. The zero-order valence-corrected chi connectivity index (χ0v) is 15.7. The van der Waals surface area contributed by atoms with Gasteiger partial charge in [-0.25, -0.2) is 0 Å². The maximum Gasteiger partial charge on any atom is 0.258 e. The van der Waals surface area contributed by atoms with Gasteiger partial charge in [0.15, 0.2) is 6.61 Å². The van der Waals surface area contributed by atoms with E-state index in [1.807, 2.05) is 55.5 Å². The second-order valence-corrected chi connectivity index (χ2v) is 6.96. The highest BCUT2D eigenvalue weighted by Gasteiger charge is 2.38. The predicted octanol–water partition coefficient (Wildman–Crippen LogP) is 4.57. The normalized spacial score (nSPS) is 17.7. The molecule has 1 amide bonds. The molecule has 2 aromatic rings. The van der Waals surface area contributed by atoms with Crippen molar-refractivity contribution in [3.05, 3.63) is 59.7 Å². The molecule has 1 aliphatic heterocycles. The van der Waals surface area contributed by atoms with Gasteiger partial charge in [0.25, 0.3) is 5.91 Å². The predicted molar refractivity (Wildman–Crippen MR) is 103 cm³/mol. The van der Waals surface area contributed by atoms with Gasteiger partial charge in [0.2, 0.25) is 0 Å². The van der Waals surface area contributed by atoms with Crippen LogP contribution >= 0.6 is 0 Å². The Morgan fingerprint density at radius 2 is 1.85 bits per heavy atom. The van der Waals surface area contributed by atoms with Crippen LogP contribution < -0.4 is 14.8 Å². The number of nitrogens with one attached hydrogen (secondary N) is 1. The second-order valence-electron chi connectivity index (χ2n) is 6.96. The Morgan fingerprint density at radius 1 is 1.15 bits per heavy atom. The molecule has 0 unspecified atom stereocenters. The van der Waals surface area contributed by atoms with Crippen LogP contribution in [0.2, 0.25) is 0 Å². The van der Waals surface area contributed by atoms with Crippen molar-refractivity contribution in [3.63, 3.8) is 0 Å². The van der Waals surface area contributed by atoms with E-state index in [4.69, 9.17) is 9.47 Å². The molecule has 1 N–H and O–H groups in total. The van der Waals surface area contributed by atoms with Crippen LogP contribution in [-0.2, 0) is 4.79 Å². The zero-order valence-electron chi connectivity index (χ0n) is 15.7. The van der Waals surface area contributed by atoms with Crippen molar-refractivity contribution in [2.24, 2.45) is 0 Å². The monoisotopic (exact) mass is 353 g/mol. The van der Waals surface area contributed by atoms with Gasteiger partial charge in [0, 0.05) is 12.0 Å². The molecular weight excluding hydrogens is 326 g/mol. The van der Waals surface area contributed by atoms with Gasteiger partial charge in [-0.15, -0.1) is 0 Å². The zero-order chi connectivity index (χ0) is 18.6. The first-order valence-corrected chi connectivity index (χ1v) is 9.32. The summed E-state index contributed by atoms with van der Waals surface area (Å²) in [6.07, 6.45) is 2.58. The number of benzene rings is 2. The Kier molecular flexibility index (Phi) is 5.50. The molecule has 138 valence electrons. The lowest BCUT2D eigenvalue weighted by Gasteiger charge is -2.41. The summed E-state index contributed by atoms with van der Waals surface area (Å²) < 4.78 is 11.9. The van der Waals surface area contributed by atoms with E-state index in [9.17, 15) is 4.79 Å². The first-order chi connectivity index (χ1) is 12.5. The number of hydrogen-bond donors (Lipinski definition) is 1. The number of hydrogen-bond acceptors (Lipinski definition) is 3. The molecule has 2 aromatic carbocycles. The highest BCUT2D eigenvalue weighted by Crippen LogP contribution is 2.42. The number of carbonyl (C=O) groups is 1. The van der Waals surface area contributed by atoms with Gasteiger partial charge >= 0.3 is 0 Å². The Labute approximate surface area is 155 Å². The quantitative estimate of drug-likeness (QED) is 0.827. The van der Waals surface area contributed by atoms with Crippen molar-refractivity contribution in [2.75, 3.05) is 6.61 Å². The summed E-state index contributed by atoms with van der Waals surface area (Å²) >= 11 is 0. The summed E-state index contributed by atoms with van der Waals surface area (Å²) in [5.41, 5.74) is 1.97.